The van der Waals surface area contributed by atoms with E-state index in [1.54, 1.807) is 32.4 Å². The maximum Gasteiger partial charge on any atom is 0.314 e. The quantitative estimate of drug-likeness (QED) is 0.222. The van der Waals surface area contributed by atoms with E-state index in [1.807, 2.05) is 31.6 Å². The monoisotopic (exact) mass is 456 g/mol. The van der Waals surface area contributed by atoms with Crippen molar-refractivity contribution >= 4 is 55.1 Å². The molecule has 27 heavy (non-hydrogen) atoms. The molecule has 0 saturated carbocycles. The molecule has 0 heterocycles. The van der Waals surface area contributed by atoms with Crippen LogP contribution < -0.4 is 21.3 Å². The third-order valence-corrected chi connectivity index (χ3v) is 7.82. The average Bonchev–Trinajstić information content (AvgIpc) is 2.58. The average molecular weight is 457 g/mol. The maximum atomic E-state index is 11.7. The highest BCUT2D eigenvalue weighted by atomic mass is 33.1. The Hall–Kier alpha value is 0.1000. The number of rotatable bonds is 15. The van der Waals surface area contributed by atoms with Crippen LogP contribution in [-0.4, -0.2) is 67.2 Å². The highest BCUT2D eigenvalue weighted by Gasteiger charge is 2.20. The Morgan fingerprint density at radius 1 is 0.741 bits per heavy atom. The van der Waals surface area contributed by atoms with Gasteiger partial charge in [0.25, 0.3) is 0 Å². The van der Waals surface area contributed by atoms with Crippen molar-refractivity contribution in [1.29, 1.82) is 0 Å². The Balaban J connectivity index is 3.32. The highest BCUT2D eigenvalue weighted by molar-refractivity contribution is 8.77. The number of amides is 3. The zero-order valence-electron chi connectivity index (χ0n) is 17.2. The lowest BCUT2D eigenvalue weighted by atomic mass is 9.96. The molecule has 0 aliphatic heterocycles. The second kappa shape index (κ2) is 17.0. The summed E-state index contributed by atoms with van der Waals surface area (Å²) < 4.78 is 0. The molecule has 0 aromatic rings. The summed E-state index contributed by atoms with van der Waals surface area (Å²) in [7, 11) is 7.03. The van der Waals surface area contributed by atoms with Gasteiger partial charge in [-0.1, -0.05) is 77.8 Å². The van der Waals surface area contributed by atoms with Crippen molar-refractivity contribution in [3.05, 3.63) is 0 Å². The molecule has 0 aliphatic rings. The molecule has 0 radical (unpaired) electrons. The van der Waals surface area contributed by atoms with Gasteiger partial charge in [-0.3, -0.25) is 4.79 Å². The van der Waals surface area contributed by atoms with Gasteiger partial charge < -0.3 is 21.3 Å². The summed E-state index contributed by atoms with van der Waals surface area (Å²) in [5, 5.41) is 12.0. The van der Waals surface area contributed by atoms with E-state index in [1.165, 1.54) is 0 Å². The van der Waals surface area contributed by atoms with Gasteiger partial charge in [-0.2, -0.15) is 0 Å². The van der Waals surface area contributed by atoms with Crippen molar-refractivity contribution in [3.8, 4) is 0 Å². The molecule has 160 valence electrons. The molecule has 0 spiro atoms. The summed E-state index contributed by atoms with van der Waals surface area (Å²) in [5.41, 5.74) is -0.336. The molecule has 0 aliphatic carbocycles. The Bertz CT molecular complexity index is 407. The predicted octanol–water partition coefficient (Wildman–Crippen LogP) is 3.21. The fourth-order valence-corrected chi connectivity index (χ4v) is 5.21. The lowest BCUT2D eigenvalue weighted by Gasteiger charge is -2.17. The van der Waals surface area contributed by atoms with Crippen LogP contribution in [0.1, 0.15) is 34.6 Å². The van der Waals surface area contributed by atoms with Gasteiger partial charge in [0.15, 0.2) is 0 Å². The van der Waals surface area contributed by atoms with Crippen LogP contribution in [0.25, 0.3) is 0 Å². The summed E-state index contributed by atoms with van der Waals surface area (Å²) in [4.78, 5) is 23.3. The number of hydrogen-bond acceptors (Lipinski definition) is 7. The van der Waals surface area contributed by atoms with Crippen LogP contribution in [0.2, 0.25) is 0 Å². The van der Waals surface area contributed by atoms with Gasteiger partial charge in [-0.25, -0.2) is 4.79 Å². The van der Waals surface area contributed by atoms with Gasteiger partial charge in [0.2, 0.25) is 5.91 Å². The Morgan fingerprint density at radius 3 is 1.56 bits per heavy atom. The molecule has 3 amide bonds. The number of urea groups is 1. The fraction of sp³-hybridized carbons (Fsp3) is 0.882. The van der Waals surface area contributed by atoms with E-state index in [9.17, 15) is 9.59 Å². The molecule has 0 bridgehead atoms. The van der Waals surface area contributed by atoms with Gasteiger partial charge >= 0.3 is 6.03 Å². The van der Waals surface area contributed by atoms with Crippen molar-refractivity contribution in [2.24, 2.45) is 5.41 Å². The summed E-state index contributed by atoms with van der Waals surface area (Å²) in [6.45, 7) is 13.0. The first-order chi connectivity index (χ1) is 12.7. The van der Waals surface area contributed by atoms with E-state index in [0.29, 0.717) is 25.7 Å². The molecular weight excluding hydrogens is 420 g/mol. The molecule has 0 aromatic carbocycles. The maximum absolute atomic E-state index is 11.7. The number of hydrogen-bond donors (Lipinski definition) is 4. The van der Waals surface area contributed by atoms with Gasteiger partial charge in [0.05, 0.1) is 0 Å². The third kappa shape index (κ3) is 19.2. The van der Waals surface area contributed by atoms with Gasteiger partial charge in [0.1, 0.15) is 0 Å². The molecule has 4 N–H and O–H groups in total. The minimum Gasteiger partial charge on any atom is -0.355 e. The van der Waals surface area contributed by atoms with Crippen molar-refractivity contribution in [2.45, 2.75) is 40.7 Å². The third-order valence-electron chi connectivity index (χ3n) is 3.00. The zero-order valence-corrected chi connectivity index (χ0v) is 20.4. The van der Waals surface area contributed by atoms with Gasteiger partial charge in [-0.15, -0.1) is 0 Å². The molecule has 0 rings (SSSR count). The Kier molecular flexibility index (Phi) is 17.1. The van der Waals surface area contributed by atoms with Gasteiger partial charge in [-0.05, 0) is 0 Å². The van der Waals surface area contributed by atoms with E-state index in [-0.39, 0.29) is 17.4 Å². The number of nitrogens with one attached hydrogen (secondary N) is 4. The second-order valence-electron chi connectivity index (χ2n) is 7.09. The standard InChI is InChI=1S/C17H36N4O2S4/c1-14(2)18-6-10-24-26-12-8-20-16(23)21-9-13-27-25-11-7-19-15(22)17(3,4)5/h14,18H,6-13H2,1-5H3,(H,19,22)(H2,20,21,23). The first-order valence-electron chi connectivity index (χ1n) is 9.25. The van der Waals surface area contributed by atoms with E-state index >= 15 is 0 Å². The van der Waals surface area contributed by atoms with Gasteiger partial charge in [0, 0.05) is 60.6 Å². The number of carbonyl (C=O) groups is 2. The Morgan fingerprint density at radius 2 is 1.15 bits per heavy atom. The summed E-state index contributed by atoms with van der Waals surface area (Å²) >= 11 is 0. The molecule has 6 nitrogen and oxygen atoms in total. The van der Waals surface area contributed by atoms with Crippen LogP contribution in [0.3, 0.4) is 0 Å². The second-order valence-corrected chi connectivity index (χ2v) is 12.5. The van der Waals surface area contributed by atoms with Crippen molar-refractivity contribution < 1.29 is 9.59 Å². The topological polar surface area (TPSA) is 82.3 Å². The van der Waals surface area contributed by atoms with E-state index in [0.717, 1.165) is 29.6 Å². The van der Waals surface area contributed by atoms with E-state index in [2.05, 4.69) is 35.1 Å². The number of carbonyl (C=O) groups excluding carboxylic acids is 2. The minimum atomic E-state index is -0.336. The molecule has 10 heteroatoms. The lowest BCUT2D eigenvalue weighted by Crippen LogP contribution is -2.37. The molecule has 0 aromatic heterocycles. The molecule has 0 saturated heterocycles. The van der Waals surface area contributed by atoms with Crippen LogP contribution in [0.4, 0.5) is 4.79 Å². The van der Waals surface area contributed by atoms with Crippen LogP contribution in [0, 0.1) is 5.41 Å². The summed E-state index contributed by atoms with van der Waals surface area (Å²) in [5.74, 6) is 3.77. The smallest absolute Gasteiger partial charge is 0.314 e. The SMILES string of the molecule is CC(C)NCCSSCCNC(=O)NCCSSCCNC(=O)C(C)(C)C. The highest BCUT2D eigenvalue weighted by Crippen LogP contribution is 2.20. The molecule has 0 fully saturated rings. The zero-order chi connectivity index (χ0) is 20.5. The van der Waals surface area contributed by atoms with Crippen LogP contribution in [0.15, 0.2) is 0 Å². The van der Waals surface area contributed by atoms with Crippen molar-refractivity contribution in [1.82, 2.24) is 21.3 Å². The largest absolute Gasteiger partial charge is 0.355 e. The summed E-state index contributed by atoms with van der Waals surface area (Å²) in [6.07, 6.45) is 0. The molecule has 0 atom stereocenters. The fourth-order valence-electron chi connectivity index (χ4n) is 1.57. The summed E-state index contributed by atoms with van der Waals surface area (Å²) in [6, 6.07) is 0.428. The minimum absolute atomic E-state index is 0.0789. The van der Waals surface area contributed by atoms with Crippen molar-refractivity contribution in [3.63, 3.8) is 0 Å². The van der Waals surface area contributed by atoms with Crippen LogP contribution >= 0.6 is 43.2 Å². The first-order valence-corrected chi connectivity index (χ1v) is 14.2. The van der Waals surface area contributed by atoms with E-state index in [4.69, 9.17) is 0 Å². The predicted molar refractivity (Wildman–Crippen MR) is 127 cm³/mol. The van der Waals surface area contributed by atoms with Crippen molar-refractivity contribution in [2.75, 3.05) is 49.2 Å². The normalized spacial score (nSPS) is 11.5. The van der Waals surface area contributed by atoms with Crippen LogP contribution in [-0.2, 0) is 4.79 Å². The first kappa shape index (κ1) is 27.1. The van der Waals surface area contributed by atoms with E-state index < -0.39 is 0 Å². The molecular formula is C17H36N4O2S4. The van der Waals surface area contributed by atoms with Crippen LogP contribution in [0.5, 0.6) is 0 Å². The molecule has 0 unspecified atom stereocenters. The Labute approximate surface area is 180 Å². The lowest BCUT2D eigenvalue weighted by molar-refractivity contribution is -0.128.